The van der Waals surface area contributed by atoms with E-state index in [0.717, 1.165) is 5.56 Å². The van der Waals surface area contributed by atoms with Gasteiger partial charge in [-0.25, -0.2) is 0 Å². The zero-order valence-electron chi connectivity index (χ0n) is 18.2. The molecule has 1 aromatic carbocycles. The van der Waals surface area contributed by atoms with Crippen molar-refractivity contribution < 1.29 is 24.3 Å². The summed E-state index contributed by atoms with van der Waals surface area (Å²) in [5.41, 5.74) is 12.5. The molecule has 1 aliphatic heterocycles. The minimum absolute atomic E-state index is 0.334. The fourth-order valence-corrected chi connectivity index (χ4v) is 3.77. The summed E-state index contributed by atoms with van der Waals surface area (Å²) in [6, 6.07) is 6.95. The summed E-state index contributed by atoms with van der Waals surface area (Å²) in [6.45, 7) is 0.317. The summed E-state index contributed by atoms with van der Waals surface area (Å²) in [7, 11) is 0. The first-order valence-corrected chi connectivity index (χ1v) is 10.9. The first-order chi connectivity index (χ1) is 15.3. The van der Waals surface area contributed by atoms with E-state index in [2.05, 4.69) is 10.6 Å². The number of hydrogen-bond acceptors (Lipinski definition) is 6. The number of nitrogens with zero attached hydrogens (tertiary/aromatic N) is 1. The average molecular weight is 448 g/mol. The predicted octanol–water partition coefficient (Wildman–Crippen LogP) is -0.638. The molecule has 1 saturated heterocycles. The molecule has 0 radical (unpaired) electrons. The second-order valence-corrected chi connectivity index (χ2v) is 7.94. The lowest BCUT2D eigenvalue weighted by Gasteiger charge is -2.29. The first-order valence-electron chi connectivity index (χ1n) is 10.9. The van der Waals surface area contributed by atoms with Gasteiger partial charge in [-0.15, -0.1) is 0 Å². The highest BCUT2D eigenvalue weighted by Crippen LogP contribution is 2.20. The lowest BCUT2D eigenvalue weighted by molar-refractivity contribution is -0.143. The van der Waals surface area contributed by atoms with Crippen molar-refractivity contribution in [1.29, 1.82) is 0 Å². The lowest BCUT2D eigenvalue weighted by atomic mass is 10.0. The second-order valence-electron chi connectivity index (χ2n) is 7.94. The Morgan fingerprint density at radius 2 is 1.88 bits per heavy atom. The molecule has 1 aromatic rings. The Kier molecular flexibility index (Phi) is 10.1. The van der Waals surface area contributed by atoms with Crippen LogP contribution in [0.4, 0.5) is 0 Å². The number of carbonyl (C=O) groups is 4. The molecule has 3 unspecified atom stereocenters. The summed E-state index contributed by atoms with van der Waals surface area (Å²) in [5, 5.41) is 13.9. The number of benzene rings is 1. The molecule has 1 heterocycles. The van der Waals surface area contributed by atoms with E-state index >= 15 is 0 Å². The van der Waals surface area contributed by atoms with Gasteiger partial charge in [0.25, 0.3) is 0 Å². The number of aliphatic carboxylic acids is 1. The van der Waals surface area contributed by atoms with Crippen LogP contribution >= 0.6 is 0 Å². The maximum atomic E-state index is 13.3. The van der Waals surface area contributed by atoms with Crippen molar-refractivity contribution >= 4 is 23.7 Å². The fourth-order valence-electron chi connectivity index (χ4n) is 3.77. The van der Waals surface area contributed by atoms with Gasteiger partial charge >= 0.3 is 5.97 Å². The molecule has 0 saturated carbocycles. The first kappa shape index (κ1) is 25.3. The number of amides is 3. The molecule has 176 valence electrons. The van der Waals surface area contributed by atoms with Gasteiger partial charge in [0.1, 0.15) is 18.6 Å². The zero-order chi connectivity index (χ0) is 23.5. The van der Waals surface area contributed by atoms with Gasteiger partial charge in [0.05, 0.1) is 6.04 Å². The van der Waals surface area contributed by atoms with Crippen LogP contribution in [0.5, 0.6) is 0 Å². The predicted molar refractivity (Wildman–Crippen MR) is 118 cm³/mol. The lowest BCUT2D eigenvalue weighted by Crippen LogP contribution is -2.56. The summed E-state index contributed by atoms with van der Waals surface area (Å²) < 4.78 is 0. The van der Waals surface area contributed by atoms with Crippen LogP contribution in [-0.2, 0) is 25.6 Å². The molecule has 0 aliphatic carbocycles. The van der Waals surface area contributed by atoms with Crippen LogP contribution in [-0.4, -0.2) is 71.5 Å². The third-order valence-corrected chi connectivity index (χ3v) is 5.45. The standard InChI is InChI=1S/C22H33N5O5/c23-11-5-4-9-17(26-20(30)16(24)13-15-7-2-1-3-8-15)22(32)27-12-6-10-18(27)21(31)25-14-19(28)29/h1-3,7-8,16-18H,4-6,9-14,23-24H2,(H,25,31)(H,26,30)(H,28,29). The van der Waals surface area contributed by atoms with Gasteiger partial charge in [-0.2, -0.15) is 0 Å². The normalized spacial score (nSPS) is 17.4. The van der Waals surface area contributed by atoms with Crippen LogP contribution in [0, 0.1) is 0 Å². The molecule has 0 bridgehead atoms. The van der Waals surface area contributed by atoms with Crippen molar-refractivity contribution in [1.82, 2.24) is 15.5 Å². The average Bonchev–Trinajstić information content (AvgIpc) is 3.27. The van der Waals surface area contributed by atoms with Crippen molar-refractivity contribution in [3.63, 3.8) is 0 Å². The third-order valence-electron chi connectivity index (χ3n) is 5.45. The van der Waals surface area contributed by atoms with Gasteiger partial charge < -0.3 is 32.1 Å². The maximum Gasteiger partial charge on any atom is 0.322 e. The minimum atomic E-state index is -1.16. The van der Waals surface area contributed by atoms with E-state index in [4.69, 9.17) is 16.6 Å². The largest absolute Gasteiger partial charge is 0.480 e. The van der Waals surface area contributed by atoms with E-state index in [1.165, 1.54) is 4.90 Å². The van der Waals surface area contributed by atoms with E-state index in [1.807, 2.05) is 30.3 Å². The number of carboxylic acid groups (broad SMARTS) is 1. The molecule has 7 N–H and O–H groups in total. The van der Waals surface area contributed by atoms with Crippen molar-refractivity contribution in [3.05, 3.63) is 35.9 Å². The van der Waals surface area contributed by atoms with Gasteiger partial charge in [0.2, 0.25) is 17.7 Å². The van der Waals surface area contributed by atoms with E-state index in [-0.39, 0.29) is 5.91 Å². The molecule has 10 heteroatoms. The second kappa shape index (κ2) is 12.8. The van der Waals surface area contributed by atoms with E-state index in [1.54, 1.807) is 0 Å². The molecule has 2 rings (SSSR count). The van der Waals surface area contributed by atoms with E-state index in [0.29, 0.717) is 51.6 Å². The van der Waals surface area contributed by atoms with Gasteiger partial charge in [-0.1, -0.05) is 30.3 Å². The summed E-state index contributed by atoms with van der Waals surface area (Å²) in [5.74, 6) is -2.47. The van der Waals surface area contributed by atoms with Crippen molar-refractivity contribution in [2.45, 2.75) is 56.7 Å². The van der Waals surface area contributed by atoms with Crippen molar-refractivity contribution in [2.75, 3.05) is 19.6 Å². The molecular weight excluding hydrogens is 414 g/mol. The summed E-state index contributed by atoms with van der Waals surface area (Å²) >= 11 is 0. The Balaban J connectivity index is 2.05. The van der Waals surface area contributed by atoms with Gasteiger partial charge in [0, 0.05) is 6.54 Å². The van der Waals surface area contributed by atoms with Gasteiger partial charge in [-0.3, -0.25) is 19.2 Å². The Bertz CT molecular complexity index is 788. The fraction of sp³-hybridized carbons (Fsp3) is 0.545. The molecule has 0 spiro atoms. The molecule has 10 nitrogen and oxygen atoms in total. The minimum Gasteiger partial charge on any atom is -0.480 e. The van der Waals surface area contributed by atoms with Crippen LogP contribution in [0.2, 0.25) is 0 Å². The Morgan fingerprint density at radius 3 is 2.53 bits per heavy atom. The highest BCUT2D eigenvalue weighted by atomic mass is 16.4. The summed E-state index contributed by atoms with van der Waals surface area (Å²) in [4.78, 5) is 50.5. The highest BCUT2D eigenvalue weighted by molar-refractivity contribution is 5.94. The van der Waals surface area contributed by atoms with Crippen LogP contribution in [0.25, 0.3) is 0 Å². The Labute approximate surface area is 187 Å². The van der Waals surface area contributed by atoms with Crippen molar-refractivity contribution in [2.24, 2.45) is 11.5 Å². The number of nitrogens with one attached hydrogen (secondary N) is 2. The number of rotatable bonds is 12. The molecule has 1 fully saturated rings. The number of hydrogen-bond donors (Lipinski definition) is 5. The number of carboxylic acids is 1. The smallest absolute Gasteiger partial charge is 0.322 e. The van der Waals surface area contributed by atoms with Gasteiger partial charge in [0.15, 0.2) is 0 Å². The number of carbonyl (C=O) groups excluding carboxylic acids is 3. The van der Waals surface area contributed by atoms with E-state index in [9.17, 15) is 19.2 Å². The zero-order valence-corrected chi connectivity index (χ0v) is 18.2. The number of unbranched alkanes of at least 4 members (excludes halogenated alkanes) is 1. The topological polar surface area (TPSA) is 168 Å². The van der Waals surface area contributed by atoms with Crippen LogP contribution in [0.3, 0.4) is 0 Å². The Morgan fingerprint density at radius 1 is 1.16 bits per heavy atom. The number of nitrogens with two attached hydrogens (primary N) is 2. The summed E-state index contributed by atoms with van der Waals surface area (Å²) in [6.07, 6.45) is 3.09. The quantitative estimate of drug-likeness (QED) is 0.266. The molecule has 3 amide bonds. The Hall–Kier alpha value is -2.98. The monoisotopic (exact) mass is 447 g/mol. The van der Waals surface area contributed by atoms with Crippen LogP contribution < -0.4 is 22.1 Å². The van der Waals surface area contributed by atoms with E-state index < -0.39 is 42.5 Å². The highest BCUT2D eigenvalue weighted by Gasteiger charge is 2.37. The molecule has 32 heavy (non-hydrogen) atoms. The van der Waals surface area contributed by atoms with Gasteiger partial charge in [-0.05, 0) is 50.6 Å². The molecule has 1 aliphatic rings. The number of likely N-dealkylation sites (tertiary alicyclic amines) is 1. The molecule has 3 atom stereocenters. The maximum absolute atomic E-state index is 13.3. The van der Waals surface area contributed by atoms with Crippen molar-refractivity contribution in [3.8, 4) is 0 Å². The SMILES string of the molecule is NCCCCC(NC(=O)C(N)Cc1ccccc1)C(=O)N1CCCC1C(=O)NCC(=O)O. The molecule has 0 aromatic heterocycles. The van der Waals surface area contributed by atoms with Crippen LogP contribution in [0.15, 0.2) is 30.3 Å². The van der Waals surface area contributed by atoms with Crippen LogP contribution in [0.1, 0.15) is 37.7 Å². The molecular formula is C22H33N5O5. The third kappa shape index (κ3) is 7.61.